The number of aromatic nitrogens is 2. The van der Waals surface area contributed by atoms with E-state index in [4.69, 9.17) is 0 Å². The predicted octanol–water partition coefficient (Wildman–Crippen LogP) is 2.67. The maximum Gasteiger partial charge on any atom is 0.323 e. The van der Waals surface area contributed by atoms with E-state index in [0.717, 1.165) is 25.7 Å². The van der Waals surface area contributed by atoms with Crippen molar-refractivity contribution in [3.05, 3.63) is 58.5 Å². The first-order valence-electron chi connectivity index (χ1n) is 9.57. The molecule has 1 aliphatic rings. The zero-order chi connectivity index (χ0) is 20.4. The van der Waals surface area contributed by atoms with Crippen molar-refractivity contribution in [1.29, 1.82) is 0 Å². The van der Waals surface area contributed by atoms with E-state index in [1.807, 2.05) is 0 Å². The summed E-state index contributed by atoms with van der Waals surface area (Å²) in [5.74, 6) is -0.421. The van der Waals surface area contributed by atoms with E-state index in [9.17, 15) is 18.0 Å². The van der Waals surface area contributed by atoms with Crippen LogP contribution in [0, 0.1) is 0 Å². The molecule has 29 heavy (non-hydrogen) atoms. The molecule has 1 fully saturated rings. The molecule has 152 valence electrons. The summed E-state index contributed by atoms with van der Waals surface area (Å²) in [6.45, 7) is 1.02. The Kier molecular flexibility index (Phi) is 5.25. The average Bonchev–Trinajstić information content (AvgIpc) is 2.90. The molecule has 9 heteroatoms. The van der Waals surface area contributed by atoms with Crippen molar-refractivity contribution in [3.63, 3.8) is 0 Å². The Labute approximate surface area is 168 Å². The van der Waals surface area contributed by atoms with Crippen molar-refractivity contribution >= 4 is 32.7 Å². The number of carbonyl (C=O) groups excluding carboxylic acids is 1. The second kappa shape index (κ2) is 7.84. The molecule has 0 bridgehead atoms. The minimum Gasteiger partial charge on any atom is -0.322 e. The van der Waals surface area contributed by atoms with Gasteiger partial charge in [0.15, 0.2) is 0 Å². The number of aromatic amines is 2. The van der Waals surface area contributed by atoms with Gasteiger partial charge in [-0.25, -0.2) is 13.2 Å². The summed E-state index contributed by atoms with van der Waals surface area (Å²) < 4.78 is 27.5. The quantitative estimate of drug-likeness (QED) is 0.609. The highest BCUT2D eigenvalue weighted by Crippen LogP contribution is 2.22. The van der Waals surface area contributed by atoms with Gasteiger partial charge in [0.2, 0.25) is 10.0 Å². The third kappa shape index (κ3) is 4.10. The Morgan fingerprint density at radius 2 is 1.66 bits per heavy atom. The second-order valence-electron chi connectivity index (χ2n) is 7.14. The van der Waals surface area contributed by atoms with Crippen molar-refractivity contribution < 1.29 is 13.2 Å². The van der Waals surface area contributed by atoms with Gasteiger partial charge in [-0.15, -0.1) is 0 Å². The number of hydrogen-bond donors (Lipinski definition) is 3. The van der Waals surface area contributed by atoms with Crippen molar-refractivity contribution in [3.8, 4) is 0 Å². The molecule has 0 saturated carbocycles. The molecule has 1 amide bonds. The molecule has 4 rings (SSSR count). The number of amides is 1. The molecule has 2 aromatic carbocycles. The van der Waals surface area contributed by atoms with E-state index >= 15 is 0 Å². The molecule has 0 radical (unpaired) electrons. The largest absolute Gasteiger partial charge is 0.323 e. The van der Waals surface area contributed by atoms with Gasteiger partial charge in [-0.2, -0.15) is 4.31 Å². The molecule has 3 N–H and O–H groups in total. The van der Waals surface area contributed by atoms with Gasteiger partial charge in [0.25, 0.3) is 5.91 Å². The number of anilines is 1. The molecule has 1 aliphatic heterocycles. The third-order valence-electron chi connectivity index (χ3n) is 5.07. The maximum atomic E-state index is 13.0. The standard InChI is InChI=1S/C20H22N4O4S/c25-19(21-15-8-9-17-18(13-15)23-20(26)22-17)14-6-5-7-16(12-14)29(27,28)24-10-3-1-2-4-11-24/h5-9,12-13H,1-4,10-11H2,(H,21,25)(H2,22,23,26). The lowest BCUT2D eigenvalue weighted by atomic mass is 10.2. The summed E-state index contributed by atoms with van der Waals surface area (Å²) in [5, 5.41) is 2.74. The molecular formula is C20H22N4O4S. The van der Waals surface area contributed by atoms with Gasteiger partial charge in [-0.1, -0.05) is 18.9 Å². The second-order valence-corrected chi connectivity index (χ2v) is 9.08. The molecule has 0 unspecified atom stereocenters. The molecule has 8 nitrogen and oxygen atoms in total. The number of fused-ring (bicyclic) bond motifs is 1. The summed E-state index contributed by atoms with van der Waals surface area (Å²) in [6.07, 6.45) is 3.77. The SMILES string of the molecule is O=C(Nc1ccc2[nH]c(=O)[nH]c2c1)c1cccc(S(=O)(=O)N2CCCCCC2)c1. The molecule has 1 aromatic heterocycles. The van der Waals surface area contributed by atoms with Crippen LogP contribution in [0.15, 0.2) is 52.2 Å². The lowest BCUT2D eigenvalue weighted by molar-refractivity contribution is 0.102. The topological polar surface area (TPSA) is 115 Å². The van der Waals surface area contributed by atoms with Gasteiger partial charge in [0, 0.05) is 24.3 Å². The van der Waals surface area contributed by atoms with Crippen LogP contribution in [0.5, 0.6) is 0 Å². The number of nitrogens with one attached hydrogen (secondary N) is 3. The first-order chi connectivity index (χ1) is 13.9. The number of H-pyrrole nitrogens is 2. The number of imidazole rings is 1. The highest BCUT2D eigenvalue weighted by Gasteiger charge is 2.25. The highest BCUT2D eigenvalue weighted by atomic mass is 32.2. The summed E-state index contributed by atoms with van der Waals surface area (Å²) in [6, 6.07) is 11.1. The number of sulfonamides is 1. The summed E-state index contributed by atoms with van der Waals surface area (Å²) >= 11 is 0. The van der Waals surface area contributed by atoms with Crippen LogP contribution < -0.4 is 11.0 Å². The van der Waals surface area contributed by atoms with Crippen molar-refractivity contribution in [2.75, 3.05) is 18.4 Å². The van der Waals surface area contributed by atoms with Gasteiger partial charge < -0.3 is 15.3 Å². The number of rotatable bonds is 4. The van der Waals surface area contributed by atoms with E-state index in [-0.39, 0.29) is 16.1 Å². The van der Waals surface area contributed by atoms with Gasteiger partial charge >= 0.3 is 5.69 Å². The zero-order valence-corrected chi connectivity index (χ0v) is 16.6. The third-order valence-corrected chi connectivity index (χ3v) is 6.97. The van der Waals surface area contributed by atoms with Crippen LogP contribution in [0.25, 0.3) is 11.0 Å². The number of hydrogen-bond acceptors (Lipinski definition) is 4. The number of nitrogens with zero attached hydrogens (tertiary/aromatic N) is 1. The molecule has 0 aliphatic carbocycles. The molecule has 2 heterocycles. The Balaban J connectivity index is 1.56. The molecule has 1 saturated heterocycles. The van der Waals surface area contributed by atoms with E-state index in [2.05, 4.69) is 15.3 Å². The number of carbonyl (C=O) groups is 1. The molecule has 0 spiro atoms. The zero-order valence-electron chi connectivity index (χ0n) is 15.8. The van der Waals surface area contributed by atoms with E-state index in [1.54, 1.807) is 30.3 Å². The van der Waals surface area contributed by atoms with Crippen LogP contribution in [0.2, 0.25) is 0 Å². The van der Waals surface area contributed by atoms with E-state index in [0.29, 0.717) is 29.8 Å². The van der Waals surface area contributed by atoms with Crippen molar-refractivity contribution in [2.24, 2.45) is 0 Å². The monoisotopic (exact) mass is 414 g/mol. The molecular weight excluding hydrogens is 392 g/mol. The van der Waals surface area contributed by atoms with Crippen LogP contribution >= 0.6 is 0 Å². The predicted molar refractivity (Wildman–Crippen MR) is 111 cm³/mol. The minimum absolute atomic E-state index is 0.123. The van der Waals surface area contributed by atoms with Crippen LogP contribution in [0.3, 0.4) is 0 Å². The smallest absolute Gasteiger partial charge is 0.322 e. The normalized spacial score (nSPS) is 15.9. The number of benzene rings is 2. The first kappa shape index (κ1) is 19.4. The first-order valence-corrected chi connectivity index (χ1v) is 11.0. The summed E-state index contributed by atoms with van der Waals surface area (Å²) in [5.41, 5.74) is 1.64. The van der Waals surface area contributed by atoms with Crippen LogP contribution in [-0.2, 0) is 10.0 Å². The van der Waals surface area contributed by atoms with Crippen LogP contribution in [-0.4, -0.2) is 41.7 Å². The Hall–Kier alpha value is -2.91. The lowest BCUT2D eigenvalue weighted by Gasteiger charge is -2.20. The fourth-order valence-electron chi connectivity index (χ4n) is 3.54. The Bertz CT molecular complexity index is 1200. The minimum atomic E-state index is -3.63. The molecule has 0 atom stereocenters. The van der Waals surface area contributed by atoms with Gasteiger partial charge in [-0.3, -0.25) is 4.79 Å². The van der Waals surface area contributed by atoms with E-state index in [1.165, 1.54) is 16.4 Å². The maximum absolute atomic E-state index is 13.0. The summed E-state index contributed by atoms with van der Waals surface area (Å²) in [4.78, 5) is 29.4. The fraction of sp³-hybridized carbons (Fsp3) is 0.300. The summed E-state index contributed by atoms with van der Waals surface area (Å²) in [7, 11) is -3.63. The van der Waals surface area contributed by atoms with Gasteiger partial charge in [0.1, 0.15) is 0 Å². The van der Waals surface area contributed by atoms with Gasteiger partial charge in [-0.05, 0) is 49.2 Å². The Morgan fingerprint density at radius 1 is 0.931 bits per heavy atom. The fourth-order valence-corrected chi connectivity index (χ4v) is 5.11. The lowest BCUT2D eigenvalue weighted by Crippen LogP contribution is -2.32. The van der Waals surface area contributed by atoms with Crippen molar-refractivity contribution in [1.82, 2.24) is 14.3 Å². The van der Waals surface area contributed by atoms with Crippen LogP contribution in [0.1, 0.15) is 36.0 Å². The van der Waals surface area contributed by atoms with Crippen molar-refractivity contribution in [2.45, 2.75) is 30.6 Å². The van der Waals surface area contributed by atoms with E-state index < -0.39 is 15.9 Å². The van der Waals surface area contributed by atoms with Crippen LogP contribution in [0.4, 0.5) is 5.69 Å². The average molecular weight is 414 g/mol. The van der Waals surface area contributed by atoms with Gasteiger partial charge in [0.05, 0.1) is 15.9 Å². The molecule has 3 aromatic rings. The Morgan fingerprint density at radius 3 is 2.41 bits per heavy atom. The highest BCUT2D eigenvalue weighted by molar-refractivity contribution is 7.89.